The minimum atomic E-state index is -0.367. The average Bonchev–Trinajstić information content (AvgIpc) is 2.47. The molecular weight excluding hydrogens is 300 g/mol. The summed E-state index contributed by atoms with van der Waals surface area (Å²) >= 11 is 0. The third kappa shape index (κ3) is 3.61. The van der Waals surface area contributed by atoms with Crippen molar-refractivity contribution in [3.8, 4) is 11.5 Å². The third-order valence-corrected chi connectivity index (χ3v) is 4.19. The molecule has 0 saturated carbocycles. The number of hydrogen-bond donors (Lipinski definition) is 2. The Hall–Kier alpha value is -2.29. The van der Waals surface area contributed by atoms with Crippen molar-refractivity contribution in [1.29, 1.82) is 0 Å². The first-order chi connectivity index (χ1) is 10.9. The van der Waals surface area contributed by atoms with E-state index in [4.69, 9.17) is 0 Å². The molecule has 0 saturated heterocycles. The highest BCUT2D eigenvalue weighted by Crippen LogP contribution is 2.36. The zero-order chi connectivity index (χ0) is 18.3. The molecule has 2 N–H and O–H groups in total. The first kappa shape index (κ1) is 18.1. The molecule has 0 bridgehead atoms. The van der Waals surface area contributed by atoms with Crippen LogP contribution in [-0.2, 0) is 10.8 Å². The topological polar surface area (TPSA) is 57.5 Å². The summed E-state index contributed by atoms with van der Waals surface area (Å²) in [6.07, 6.45) is 0. The van der Waals surface area contributed by atoms with E-state index < -0.39 is 0 Å². The molecular formula is C21H26O3. The van der Waals surface area contributed by atoms with Crippen LogP contribution in [0, 0.1) is 0 Å². The number of phenols is 2. The number of hydrogen-bond acceptors (Lipinski definition) is 3. The van der Waals surface area contributed by atoms with Crippen LogP contribution in [0.5, 0.6) is 11.5 Å². The second-order valence-electron chi connectivity index (χ2n) is 8.30. The van der Waals surface area contributed by atoms with Crippen molar-refractivity contribution in [1.82, 2.24) is 0 Å². The highest BCUT2D eigenvalue weighted by Gasteiger charge is 2.23. The van der Waals surface area contributed by atoms with E-state index in [1.165, 1.54) is 6.07 Å². The summed E-state index contributed by atoms with van der Waals surface area (Å²) in [6.45, 7) is 12.2. The van der Waals surface area contributed by atoms with Gasteiger partial charge in [-0.05, 0) is 40.2 Å². The van der Waals surface area contributed by atoms with E-state index in [9.17, 15) is 15.0 Å². The number of ketones is 1. The summed E-state index contributed by atoms with van der Waals surface area (Å²) in [5, 5.41) is 20.2. The largest absolute Gasteiger partial charge is 0.504 e. The third-order valence-electron chi connectivity index (χ3n) is 4.19. The van der Waals surface area contributed by atoms with E-state index in [0.29, 0.717) is 5.56 Å². The quantitative estimate of drug-likeness (QED) is 0.608. The Morgan fingerprint density at radius 3 is 1.96 bits per heavy atom. The number of rotatable bonds is 2. The lowest BCUT2D eigenvalue weighted by Crippen LogP contribution is -2.14. The van der Waals surface area contributed by atoms with Gasteiger partial charge in [-0.25, -0.2) is 0 Å². The minimum absolute atomic E-state index is 0.0757. The van der Waals surface area contributed by atoms with Crippen LogP contribution in [-0.4, -0.2) is 16.0 Å². The van der Waals surface area contributed by atoms with E-state index in [2.05, 4.69) is 20.8 Å². The fourth-order valence-corrected chi connectivity index (χ4v) is 2.51. The summed E-state index contributed by atoms with van der Waals surface area (Å²) in [5.41, 5.74) is 2.16. The van der Waals surface area contributed by atoms with Crippen molar-refractivity contribution in [3.63, 3.8) is 0 Å². The van der Waals surface area contributed by atoms with Gasteiger partial charge in [-0.3, -0.25) is 4.79 Å². The van der Waals surface area contributed by atoms with Crippen molar-refractivity contribution < 1.29 is 15.0 Å². The molecule has 2 aromatic carbocycles. The van der Waals surface area contributed by atoms with Crippen molar-refractivity contribution >= 4 is 5.78 Å². The minimum Gasteiger partial charge on any atom is -0.504 e. The first-order valence-corrected chi connectivity index (χ1v) is 8.13. The van der Waals surface area contributed by atoms with Gasteiger partial charge in [0.1, 0.15) is 0 Å². The smallest absolute Gasteiger partial charge is 0.196 e. The number of aromatic hydroxyl groups is 2. The molecule has 0 aliphatic rings. The molecule has 3 nitrogen and oxygen atoms in total. The molecule has 3 heteroatoms. The van der Waals surface area contributed by atoms with Crippen LogP contribution in [0.3, 0.4) is 0 Å². The van der Waals surface area contributed by atoms with Gasteiger partial charge in [0.25, 0.3) is 0 Å². The van der Waals surface area contributed by atoms with Gasteiger partial charge in [-0.15, -0.1) is 0 Å². The molecule has 0 unspecified atom stereocenters. The second-order valence-corrected chi connectivity index (χ2v) is 8.30. The number of benzene rings is 2. The van der Waals surface area contributed by atoms with Crippen LogP contribution in [0.4, 0.5) is 0 Å². The lowest BCUT2D eigenvalue weighted by Gasteiger charge is -2.21. The molecule has 0 heterocycles. The highest BCUT2D eigenvalue weighted by molar-refractivity contribution is 6.11. The molecule has 0 aliphatic carbocycles. The Bertz CT molecular complexity index is 775. The highest BCUT2D eigenvalue weighted by atomic mass is 16.3. The lowest BCUT2D eigenvalue weighted by molar-refractivity contribution is 0.103. The van der Waals surface area contributed by atoms with Crippen LogP contribution in [0.15, 0.2) is 36.4 Å². The Balaban J connectivity index is 2.57. The van der Waals surface area contributed by atoms with Crippen molar-refractivity contribution in [3.05, 3.63) is 58.7 Å². The monoisotopic (exact) mass is 326 g/mol. The Labute approximate surface area is 144 Å². The molecule has 0 amide bonds. The predicted octanol–water partition coefficient (Wildman–Crippen LogP) is 4.92. The SMILES string of the molecule is CC(C)(C)c1cccc(C(=O)c2cc(C(C)(C)C)cc(O)c2O)c1. The van der Waals surface area contributed by atoms with Crippen molar-refractivity contribution in [2.24, 2.45) is 0 Å². The summed E-state index contributed by atoms with van der Waals surface area (Å²) in [4.78, 5) is 12.9. The van der Waals surface area contributed by atoms with Crippen LogP contribution >= 0.6 is 0 Å². The molecule has 0 fully saturated rings. The van der Waals surface area contributed by atoms with Gasteiger partial charge < -0.3 is 10.2 Å². The van der Waals surface area contributed by atoms with E-state index in [1.54, 1.807) is 12.1 Å². The van der Waals surface area contributed by atoms with Crippen molar-refractivity contribution in [2.45, 2.75) is 52.4 Å². The number of carbonyl (C=O) groups excluding carboxylic acids is 1. The van der Waals surface area contributed by atoms with Crippen LogP contribution < -0.4 is 0 Å². The van der Waals surface area contributed by atoms with Gasteiger partial charge >= 0.3 is 0 Å². The Kier molecular flexibility index (Phi) is 4.49. The standard InChI is InChI=1S/C21H26O3/c1-20(2,3)14-9-7-8-13(10-14)18(23)16-11-15(21(4,5)6)12-17(22)19(16)24/h7-12,22,24H,1-6H3. The average molecular weight is 326 g/mol. The fraction of sp³-hybridized carbons (Fsp3) is 0.381. The summed E-state index contributed by atoms with van der Waals surface area (Å²) < 4.78 is 0. The van der Waals surface area contributed by atoms with E-state index in [1.807, 2.05) is 39.0 Å². The zero-order valence-corrected chi connectivity index (χ0v) is 15.3. The molecule has 2 rings (SSSR count). The lowest BCUT2D eigenvalue weighted by atomic mass is 9.83. The molecule has 0 aromatic heterocycles. The molecule has 0 radical (unpaired) electrons. The molecule has 0 spiro atoms. The van der Waals surface area contributed by atoms with Gasteiger partial charge in [-0.2, -0.15) is 0 Å². The fourth-order valence-electron chi connectivity index (χ4n) is 2.51. The Morgan fingerprint density at radius 1 is 0.833 bits per heavy atom. The van der Waals surface area contributed by atoms with E-state index in [0.717, 1.165) is 11.1 Å². The normalized spacial score (nSPS) is 12.2. The maximum atomic E-state index is 12.9. The summed E-state index contributed by atoms with van der Waals surface area (Å²) in [5.74, 6) is -0.924. The molecule has 2 aromatic rings. The van der Waals surface area contributed by atoms with E-state index in [-0.39, 0.29) is 33.7 Å². The van der Waals surface area contributed by atoms with Gasteiger partial charge in [-0.1, -0.05) is 59.7 Å². The molecule has 128 valence electrons. The van der Waals surface area contributed by atoms with Gasteiger partial charge in [0.05, 0.1) is 5.56 Å². The van der Waals surface area contributed by atoms with Crippen molar-refractivity contribution in [2.75, 3.05) is 0 Å². The number of phenolic OH excluding ortho intramolecular Hbond substituents is 2. The van der Waals surface area contributed by atoms with Crippen LogP contribution in [0.25, 0.3) is 0 Å². The maximum Gasteiger partial charge on any atom is 0.196 e. The Morgan fingerprint density at radius 2 is 1.42 bits per heavy atom. The summed E-state index contributed by atoms with van der Waals surface area (Å²) in [7, 11) is 0. The van der Waals surface area contributed by atoms with Crippen LogP contribution in [0.2, 0.25) is 0 Å². The van der Waals surface area contributed by atoms with E-state index >= 15 is 0 Å². The van der Waals surface area contributed by atoms with Gasteiger partial charge in [0, 0.05) is 5.56 Å². The number of carbonyl (C=O) groups is 1. The molecule has 0 aliphatic heterocycles. The van der Waals surface area contributed by atoms with Crippen LogP contribution in [0.1, 0.15) is 68.6 Å². The summed E-state index contributed by atoms with van der Waals surface area (Å²) in [6, 6.07) is 10.6. The maximum absolute atomic E-state index is 12.9. The zero-order valence-electron chi connectivity index (χ0n) is 15.3. The second kappa shape index (κ2) is 5.97. The molecule has 0 atom stereocenters. The predicted molar refractivity (Wildman–Crippen MR) is 97.0 cm³/mol. The molecule has 24 heavy (non-hydrogen) atoms. The van der Waals surface area contributed by atoms with Gasteiger partial charge in [0.15, 0.2) is 17.3 Å². The van der Waals surface area contributed by atoms with Gasteiger partial charge in [0.2, 0.25) is 0 Å². The first-order valence-electron chi connectivity index (χ1n) is 8.13.